The molecule has 172 valence electrons. The number of ether oxygens (including phenoxy) is 2. The number of halogens is 1. The molecule has 0 spiro atoms. The number of likely N-dealkylation sites (tertiary alicyclic amines) is 2. The van der Waals surface area contributed by atoms with E-state index < -0.39 is 17.5 Å². The van der Waals surface area contributed by atoms with Gasteiger partial charge >= 0.3 is 0 Å². The first-order chi connectivity index (χ1) is 15.4. The van der Waals surface area contributed by atoms with E-state index in [0.29, 0.717) is 30.9 Å². The highest BCUT2D eigenvalue weighted by Crippen LogP contribution is 2.28. The second kappa shape index (κ2) is 9.88. The molecule has 0 bridgehead atoms. The van der Waals surface area contributed by atoms with Crippen molar-refractivity contribution in [1.82, 2.24) is 9.80 Å². The molecular formula is C25H31FN2O4. The van der Waals surface area contributed by atoms with Crippen LogP contribution in [0.3, 0.4) is 0 Å². The van der Waals surface area contributed by atoms with Gasteiger partial charge in [-0.2, -0.15) is 0 Å². The molecule has 6 nitrogen and oxygen atoms in total. The molecule has 2 fully saturated rings. The lowest BCUT2D eigenvalue weighted by Gasteiger charge is -2.42. The van der Waals surface area contributed by atoms with Crippen molar-refractivity contribution in [2.45, 2.75) is 37.9 Å². The van der Waals surface area contributed by atoms with Gasteiger partial charge in [0.05, 0.1) is 6.54 Å². The van der Waals surface area contributed by atoms with Crippen molar-refractivity contribution >= 4 is 5.91 Å². The van der Waals surface area contributed by atoms with Crippen molar-refractivity contribution < 1.29 is 23.8 Å². The Hall–Kier alpha value is -2.64. The Labute approximate surface area is 188 Å². The highest BCUT2D eigenvalue weighted by molar-refractivity contribution is 5.94. The van der Waals surface area contributed by atoms with Crippen LogP contribution in [0.2, 0.25) is 0 Å². The maximum absolute atomic E-state index is 13.5. The van der Waals surface area contributed by atoms with Gasteiger partial charge in [-0.25, -0.2) is 4.39 Å². The zero-order valence-corrected chi connectivity index (χ0v) is 18.5. The summed E-state index contributed by atoms with van der Waals surface area (Å²) >= 11 is 0. The van der Waals surface area contributed by atoms with Gasteiger partial charge in [-0.1, -0.05) is 6.07 Å². The Morgan fingerprint density at radius 2 is 1.88 bits per heavy atom. The molecule has 0 radical (unpaired) electrons. The van der Waals surface area contributed by atoms with Crippen LogP contribution in [0.25, 0.3) is 0 Å². The highest BCUT2D eigenvalue weighted by atomic mass is 19.1. The fourth-order valence-corrected chi connectivity index (χ4v) is 4.24. The normalized spacial score (nSPS) is 23.8. The SMILES string of the molecule is C[C@]1(O)CCN(C(=O)c2ccc(OCCN3CCCC3)cc2)C[C@@H]1Oc1cccc(F)c1. The van der Waals surface area contributed by atoms with Crippen LogP contribution >= 0.6 is 0 Å². The molecule has 2 aliphatic heterocycles. The molecule has 2 aromatic carbocycles. The Kier molecular flexibility index (Phi) is 6.96. The van der Waals surface area contributed by atoms with E-state index in [-0.39, 0.29) is 12.5 Å². The Bertz CT molecular complexity index is 912. The van der Waals surface area contributed by atoms with Gasteiger partial charge in [-0.05, 0) is 75.7 Å². The largest absolute Gasteiger partial charge is 0.492 e. The monoisotopic (exact) mass is 442 g/mol. The average Bonchev–Trinajstić information content (AvgIpc) is 3.29. The van der Waals surface area contributed by atoms with E-state index in [1.54, 1.807) is 36.1 Å². The second-order valence-electron chi connectivity index (χ2n) is 8.84. The summed E-state index contributed by atoms with van der Waals surface area (Å²) in [6, 6.07) is 13.0. The maximum Gasteiger partial charge on any atom is 0.253 e. The summed E-state index contributed by atoms with van der Waals surface area (Å²) in [6.07, 6.45) is 2.24. The van der Waals surface area contributed by atoms with Crippen molar-refractivity contribution in [2.24, 2.45) is 0 Å². The minimum Gasteiger partial charge on any atom is -0.492 e. The van der Waals surface area contributed by atoms with Gasteiger partial charge in [0.1, 0.15) is 35.6 Å². The van der Waals surface area contributed by atoms with Gasteiger partial charge in [-0.15, -0.1) is 0 Å². The van der Waals surface area contributed by atoms with Crippen LogP contribution in [0, 0.1) is 5.82 Å². The predicted molar refractivity (Wildman–Crippen MR) is 120 cm³/mol. The summed E-state index contributed by atoms with van der Waals surface area (Å²) in [5, 5.41) is 10.8. The molecule has 7 heteroatoms. The maximum atomic E-state index is 13.5. The number of aliphatic hydroxyl groups is 1. The third-order valence-corrected chi connectivity index (χ3v) is 6.31. The van der Waals surface area contributed by atoms with Crippen LogP contribution < -0.4 is 9.47 Å². The molecule has 4 rings (SSSR count). The number of carbonyl (C=O) groups excluding carboxylic acids is 1. The van der Waals surface area contributed by atoms with Gasteiger partial charge in [0.25, 0.3) is 5.91 Å². The van der Waals surface area contributed by atoms with Crippen molar-refractivity contribution in [3.05, 3.63) is 59.9 Å². The number of amides is 1. The fourth-order valence-electron chi connectivity index (χ4n) is 4.24. The molecule has 2 aromatic rings. The predicted octanol–water partition coefficient (Wildman–Crippen LogP) is 3.34. The van der Waals surface area contributed by atoms with Crippen molar-refractivity contribution in [1.29, 1.82) is 0 Å². The van der Waals surface area contributed by atoms with E-state index in [1.807, 2.05) is 12.1 Å². The summed E-state index contributed by atoms with van der Waals surface area (Å²) in [5.74, 6) is 0.542. The quantitative estimate of drug-likeness (QED) is 0.713. The number of rotatable bonds is 7. The number of nitrogens with zero attached hydrogens (tertiary/aromatic N) is 2. The van der Waals surface area contributed by atoms with E-state index in [9.17, 15) is 14.3 Å². The van der Waals surface area contributed by atoms with E-state index in [1.165, 1.54) is 25.0 Å². The van der Waals surface area contributed by atoms with Crippen molar-refractivity contribution in [2.75, 3.05) is 39.3 Å². The molecule has 0 aliphatic carbocycles. The summed E-state index contributed by atoms with van der Waals surface area (Å²) in [4.78, 5) is 17.1. The summed E-state index contributed by atoms with van der Waals surface area (Å²) < 4.78 is 25.2. The number of hydrogen-bond acceptors (Lipinski definition) is 5. The minimum absolute atomic E-state index is 0.128. The minimum atomic E-state index is -1.11. The first-order valence-corrected chi connectivity index (χ1v) is 11.3. The summed E-state index contributed by atoms with van der Waals surface area (Å²) in [6.45, 7) is 6.16. The van der Waals surface area contributed by atoms with Crippen LogP contribution in [0.1, 0.15) is 36.5 Å². The van der Waals surface area contributed by atoms with Crippen molar-refractivity contribution in [3.8, 4) is 11.5 Å². The molecule has 1 amide bonds. The van der Waals surface area contributed by atoms with Crippen LogP contribution in [-0.2, 0) is 0 Å². The lowest BCUT2D eigenvalue weighted by molar-refractivity contribution is -0.0882. The number of benzene rings is 2. The Morgan fingerprint density at radius 1 is 1.12 bits per heavy atom. The highest BCUT2D eigenvalue weighted by Gasteiger charge is 2.41. The van der Waals surface area contributed by atoms with Gasteiger partial charge in [0, 0.05) is 24.7 Å². The van der Waals surface area contributed by atoms with E-state index in [0.717, 1.165) is 25.4 Å². The molecule has 2 atom stereocenters. The molecule has 0 unspecified atom stereocenters. The summed E-state index contributed by atoms with van der Waals surface area (Å²) in [7, 11) is 0. The molecule has 2 aliphatic rings. The lowest BCUT2D eigenvalue weighted by Crippen LogP contribution is -2.57. The zero-order chi connectivity index (χ0) is 22.6. The van der Waals surface area contributed by atoms with Crippen LogP contribution in [0.4, 0.5) is 4.39 Å². The van der Waals surface area contributed by atoms with Gasteiger partial charge in [-0.3, -0.25) is 9.69 Å². The molecule has 1 N–H and O–H groups in total. The molecule has 0 saturated carbocycles. The average molecular weight is 443 g/mol. The fraction of sp³-hybridized carbons (Fsp3) is 0.480. The van der Waals surface area contributed by atoms with E-state index >= 15 is 0 Å². The number of hydrogen-bond donors (Lipinski definition) is 1. The summed E-state index contributed by atoms with van der Waals surface area (Å²) in [5.41, 5.74) is -0.557. The van der Waals surface area contributed by atoms with E-state index in [4.69, 9.17) is 9.47 Å². The Morgan fingerprint density at radius 3 is 2.59 bits per heavy atom. The van der Waals surface area contributed by atoms with Crippen LogP contribution in [-0.4, -0.2) is 71.8 Å². The molecule has 0 aromatic heterocycles. The topological polar surface area (TPSA) is 62.2 Å². The Balaban J connectivity index is 1.34. The van der Waals surface area contributed by atoms with Gasteiger partial charge in [0.2, 0.25) is 0 Å². The van der Waals surface area contributed by atoms with Crippen LogP contribution in [0.5, 0.6) is 11.5 Å². The van der Waals surface area contributed by atoms with Crippen molar-refractivity contribution in [3.63, 3.8) is 0 Å². The molecular weight excluding hydrogens is 411 g/mol. The van der Waals surface area contributed by atoms with Gasteiger partial charge in [0.15, 0.2) is 0 Å². The van der Waals surface area contributed by atoms with Gasteiger partial charge < -0.3 is 19.5 Å². The smallest absolute Gasteiger partial charge is 0.253 e. The molecule has 32 heavy (non-hydrogen) atoms. The first-order valence-electron chi connectivity index (χ1n) is 11.3. The third-order valence-electron chi connectivity index (χ3n) is 6.31. The number of carbonyl (C=O) groups is 1. The van der Waals surface area contributed by atoms with E-state index in [2.05, 4.69) is 4.90 Å². The lowest BCUT2D eigenvalue weighted by atomic mass is 9.90. The zero-order valence-electron chi connectivity index (χ0n) is 18.5. The molecule has 2 heterocycles. The standard InChI is InChI=1S/C25H31FN2O4/c1-25(30)11-14-28(18-23(25)32-22-6-4-5-20(26)17-22)24(29)19-7-9-21(10-8-19)31-16-15-27-12-2-3-13-27/h4-10,17,23,30H,2-3,11-16,18H2,1H3/t23-,25-/m0/s1. The first kappa shape index (κ1) is 22.6. The third kappa shape index (κ3) is 5.58. The molecule has 2 saturated heterocycles. The number of piperidine rings is 1. The second-order valence-corrected chi connectivity index (χ2v) is 8.84. The van der Waals surface area contributed by atoms with Crippen LogP contribution in [0.15, 0.2) is 48.5 Å².